The van der Waals surface area contributed by atoms with Gasteiger partial charge < -0.3 is 29.9 Å². The summed E-state index contributed by atoms with van der Waals surface area (Å²) in [5.41, 5.74) is 16.6. The highest BCUT2D eigenvalue weighted by molar-refractivity contribution is 6.05. The van der Waals surface area contributed by atoms with E-state index in [0.717, 1.165) is 5.56 Å². The van der Waals surface area contributed by atoms with Gasteiger partial charge in [-0.05, 0) is 88.6 Å². The van der Waals surface area contributed by atoms with Crippen LogP contribution in [0.15, 0.2) is 48.7 Å². The lowest BCUT2D eigenvalue weighted by Crippen LogP contribution is -2.26. The Kier molecular flexibility index (Phi) is 8.74. The minimum Gasteiger partial charge on any atom is -0.489 e. The molecule has 7 rings (SSSR count). The molecule has 0 unspecified atom stereocenters. The number of fused-ring (bicyclic) bond motifs is 1. The van der Waals surface area contributed by atoms with E-state index in [-0.39, 0.29) is 30.0 Å². The summed E-state index contributed by atoms with van der Waals surface area (Å²) in [7, 11) is 0. The Morgan fingerprint density at radius 3 is 2.31 bits per heavy atom. The third-order valence-corrected chi connectivity index (χ3v) is 9.27. The molecule has 0 bridgehead atoms. The maximum Gasteiger partial charge on any atom is 0.276 e. The highest BCUT2D eigenvalue weighted by atomic mass is 16.5. The molecule has 1 aliphatic rings. The van der Waals surface area contributed by atoms with Crippen molar-refractivity contribution in [3.63, 3.8) is 0 Å². The Morgan fingerprint density at radius 2 is 1.58 bits per heavy atom. The zero-order valence-electron chi connectivity index (χ0n) is 29.3. The predicted octanol–water partition coefficient (Wildman–Crippen LogP) is 4.16. The lowest BCUT2D eigenvalue weighted by Gasteiger charge is -2.27. The van der Waals surface area contributed by atoms with Crippen LogP contribution in [-0.4, -0.2) is 63.7 Å². The van der Waals surface area contributed by atoms with Crippen LogP contribution in [0.4, 0.5) is 11.9 Å². The number of nitrogens with zero attached hydrogens (tertiary/aromatic N) is 7. The first-order valence-electron chi connectivity index (χ1n) is 17.1. The van der Waals surface area contributed by atoms with E-state index >= 15 is 0 Å². The van der Waals surface area contributed by atoms with E-state index in [4.69, 9.17) is 21.2 Å². The maximum atomic E-state index is 13.6. The van der Waals surface area contributed by atoms with Crippen LogP contribution in [0.2, 0.25) is 0 Å². The fraction of sp³-hybridized carbons (Fsp3) is 0.306. The average molecular weight is 706 g/mol. The van der Waals surface area contributed by atoms with Gasteiger partial charge in [0.15, 0.2) is 0 Å². The van der Waals surface area contributed by atoms with Crippen molar-refractivity contribution in [3.8, 4) is 5.75 Å². The molecule has 0 aliphatic carbocycles. The van der Waals surface area contributed by atoms with E-state index in [1.807, 2.05) is 53.7 Å². The van der Waals surface area contributed by atoms with Crippen LogP contribution in [-0.2, 0) is 19.6 Å². The lowest BCUT2D eigenvalue weighted by molar-refractivity contribution is 0.0991. The molecule has 4 amide bonds. The standard InChI is InChI=1S/C36H39N11O5/c1-5-44-17-19(3)12-27(44)33(50)42-36-40-25-15-22(32(38)49)16-29-30(25)47(36)23(18-52-29)8-7-11-45-26-10-9-21(31(37)48)14-24(26)39-35(45)41-34(51)28-13-20(4)43-46(28)6-2/h9-10,12-17,23H,5-8,11,18H2,1-4H3,(H2,37,48)(H2,38,49)(H,39,41,51)(H,40,42,50)/t23-/m1/s1. The Bertz CT molecular complexity index is 2410. The Hall–Kier alpha value is -6.45. The summed E-state index contributed by atoms with van der Waals surface area (Å²) in [5.74, 6) is -0.817. The average Bonchev–Trinajstić information content (AvgIpc) is 3.88. The monoisotopic (exact) mass is 705 g/mol. The van der Waals surface area contributed by atoms with Gasteiger partial charge in [0, 0.05) is 37.0 Å². The van der Waals surface area contributed by atoms with Gasteiger partial charge in [-0.25, -0.2) is 9.97 Å². The van der Waals surface area contributed by atoms with Crippen molar-refractivity contribution in [2.45, 2.75) is 66.2 Å². The van der Waals surface area contributed by atoms with E-state index in [9.17, 15) is 19.2 Å². The number of hydrogen-bond donors (Lipinski definition) is 4. The fourth-order valence-electron chi connectivity index (χ4n) is 6.86. The number of nitrogens with two attached hydrogens (primary N) is 2. The third-order valence-electron chi connectivity index (χ3n) is 9.27. The van der Waals surface area contributed by atoms with Crippen LogP contribution in [0.1, 0.15) is 85.7 Å². The van der Waals surface area contributed by atoms with E-state index in [0.29, 0.717) is 94.8 Å². The van der Waals surface area contributed by atoms with Crippen molar-refractivity contribution in [1.29, 1.82) is 0 Å². The molecule has 0 saturated heterocycles. The summed E-state index contributed by atoms with van der Waals surface area (Å²) in [6, 6.07) is 11.5. The number of nitrogens with one attached hydrogen (secondary N) is 2. The van der Waals surface area contributed by atoms with Crippen LogP contribution >= 0.6 is 0 Å². The van der Waals surface area contributed by atoms with Gasteiger partial charge in [0.1, 0.15) is 29.3 Å². The van der Waals surface area contributed by atoms with Gasteiger partial charge in [0.25, 0.3) is 11.8 Å². The number of benzene rings is 2. The van der Waals surface area contributed by atoms with E-state index in [1.165, 1.54) is 0 Å². The number of ether oxygens (including phenoxy) is 1. The topological polar surface area (TPSA) is 212 Å². The fourth-order valence-corrected chi connectivity index (χ4v) is 6.86. The Morgan fingerprint density at radius 1 is 0.865 bits per heavy atom. The third kappa shape index (κ3) is 6.12. The van der Waals surface area contributed by atoms with Crippen molar-refractivity contribution < 1.29 is 23.9 Å². The van der Waals surface area contributed by atoms with Gasteiger partial charge in [-0.1, -0.05) is 0 Å². The number of aromatic nitrogens is 7. The second kappa shape index (κ2) is 13.4. The number of rotatable bonds is 12. The van der Waals surface area contributed by atoms with Gasteiger partial charge in [0.2, 0.25) is 23.7 Å². The predicted molar refractivity (Wildman–Crippen MR) is 194 cm³/mol. The quantitative estimate of drug-likeness (QED) is 0.145. The number of aryl methyl sites for hydroxylation is 5. The summed E-state index contributed by atoms with van der Waals surface area (Å²) in [6.45, 7) is 9.43. The largest absolute Gasteiger partial charge is 0.489 e. The molecule has 1 aliphatic heterocycles. The molecule has 0 spiro atoms. The molecule has 6 N–H and O–H groups in total. The van der Waals surface area contributed by atoms with Gasteiger partial charge >= 0.3 is 0 Å². The van der Waals surface area contributed by atoms with Crippen LogP contribution in [0, 0.1) is 13.8 Å². The molecule has 0 radical (unpaired) electrons. The summed E-state index contributed by atoms with van der Waals surface area (Å²) in [5, 5.41) is 10.3. The molecule has 0 fully saturated rings. The van der Waals surface area contributed by atoms with Crippen molar-refractivity contribution in [2.75, 3.05) is 17.2 Å². The summed E-state index contributed by atoms with van der Waals surface area (Å²) in [6.07, 6.45) is 3.08. The first-order valence-corrected chi connectivity index (χ1v) is 17.1. The van der Waals surface area contributed by atoms with Gasteiger partial charge in [-0.15, -0.1) is 0 Å². The first kappa shape index (κ1) is 34.0. The van der Waals surface area contributed by atoms with Gasteiger partial charge in [0.05, 0.1) is 28.3 Å². The summed E-state index contributed by atoms with van der Waals surface area (Å²) >= 11 is 0. The van der Waals surface area contributed by atoms with Crippen LogP contribution in [0.5, 0.6) is 5.75 Å². The molecule has 1 atom stereocenters. The number of carbonyl (C=O) groups is 4. The molecule has 268 valence electrons. The molecule has 16 nitrogen and oxygen atoms in total. The van der Waals surface area contributed by atoms with Crippen LogP contribution in [0.25, 0.3) is 22.1 Å². The van der Waals surface area contributed by atoms with Crippen molar-refractivity contribution in [3.05, 3.63) is 82.4 Å². The molecule has 4 aromatic heterocycles. The molecule has 2 aromatic carbocycles. The minimum absolute atomic E-state index is 0.241. The number of carbonyl (C=O) groups excluding carboxylic acids is 4. The normalized spacial score (nSPS) is 13.7. The number of anilines is 2. The Balaban J connectivity index is 1.20. The maximum absolute atomic E-state index is 13.6. The van der Waals surface area contributed by atoms with Crippen LogP contribution in [0.3, 0.4) is 0 Å². The zero-order chi connectivity index (χ0) is 36.8. The SMILES string of the molecule is CCn1cc(C)cc1C(=O)Nc1nc2cc(C(N)=O)cc3c2n1[C@H](CCCn1c(NC(=O)c2cc(C)nn2CC)nc2cc(C(N)=O)ccc21)CO3. The number of primary amides is 2. The number of amides is 4. The van der Waals surface area contributed by atoms with Gasteiger partial charge in [-0.3, -0.25) is 34.5 Å². The molecule has 16 heteroatoms. The smallest absolute Gasteiger partial charge is 0.276 e. The van der Waals surface area contributed by atoms with Crippen molar-refractivity contribution in [2.24, 2.45) is 11.5 Å². The zero-order valence-corrected chi connectivity index (χ0v) is 29.3. The molecular formula is C36H39N11O5. The van der Waals surface area contributed by atoms with E-state index in [1.54, 1.807) is 41.1 Å². The van der Waals surface area contributed by atoms with E-state index in [2.05, 4.69) is 20.7 Å². The molecule has 52 heavy (non-hydrogen) atoms. The molecule has 6 aromatic rings. The number of hydrogen-bond acceptors (Lipinski definition) is 8. The highest BCUT2D eigenvalue weighted by Crippen LogP contribution is 2.39. The molecule has 0 saturated carbocycles. The van der Waals surface area contributed by atoms with Gasteiger partial charge in [-0.2, -0.15) is 5.10 Å². The highest BCUT2D eigenvalue weighted by Gasteiger charge is 2.30. The summed E-state index contributed by atoms with van der Waals surface area (Å²) < 4.78 is 13.5. The summed E-state index contributed by atoms with van der Waals surface area (Å²) in [4.78, 5) is 60.6. The minimum atomic E-state index is -0.618. The van der Waals surface area contributed by atoms with Crippen molar-refractivity contribution >= 4 is 57.6 Å². The molecule has 5 heterocycles. The number of imidazole rings is 2. The van der Waals surface area contributed by atoms with Crippen LogP contribution < -0.4 is 26.8 Å². The Labute approximate surface area is 297 Å². The first-order chi connectivity index (χ1) is 24.9. The second-order valence-corrected chi connectivity index (χ2v) is 12.9. The second-order valence-electron chi connectivity index (χ2n) is 12.9. The van der Waals surface area contributed by atoms with E-state index < -0.39 is 11.8 Å². The van der Waals surface area contributed by atoms with Crippen molar-refractivity contribution in [1.82, 2.24) is 33.4 Å². The molecular weight excluding hydrogens is 666 g/mol. The lowest BCUT2D eigenvalue weighted by atomic mass is 10.1.